The first-order valence-corrected chi connectivity index (χ1v) is 7.24. The van der Waals surface area contributed by atoms with Crippen molar-refractivity contribution in [3.63, 3.8) is 0 Å². The van der Waals surface area contributed by atoms with Crippen LogP contribution in [-0.4, -0.2) is 67.7 Å². The smallest absolute Gasteiger partial charge is 0.340 e. The van der Waals surface area contributed by atoms with Gasteiger partial charge in [0.25, 0.3) is 0 Å². The molecule has 2 heterocycles. The summed E-state index contributed by atoms with van der Waals surface area (Å²) in [6.45, 7) is 4.14. The van der Waals surface area contributed by atoms with Gasteiger partial charge in [0.15, 0.2) is 0 Å². The molecule has 1 atom stereocenters. The van der Waals surface area contributed by atoms with E-state index in [9.17, 15) is 18.0 Å². The number of rotatable bonds is 3. The van der Waals surface area contributed by atoms with E-state index in [4.69, 9.17) is 0 Å². The summed E-state index contributed by atoms with van der Waals surface area (Å²) in [5.41, 5.74) is 0. The van der Waals surface area contributed by atoms with Crippen LogP contribution in [0.1, 0.15) is 19.3 Å². The van der Waals surface area contributed by atoms with Crippen LogP contribution in [0.2, 0.25) is 0 Å². The summed E-state index contributed by atoms with van der Waals surface area (Å²) in [5, 5.41) is 3.17. The van der Waals surface area contributed by atoms with Crippen molar-refractivity contribution in [2.24, 2.45) is 5.92 Å². The Bertz CT molecular complexity index is 335. The molecule has 0 aromatic heterocycles. The maximum absolute atomic E-state index is 12.7. The van der Waals surface area contributed by atoms with Gasteiger partial charge in [-0.15, -0.1) is 12.4 Å². The van der Waals surface area contributed by atoms with Gasteiger partial charge in [-0.05, 0) is 19.4 Å². The molecule has 0 aliphatic carbocycles. The molecular formula is C13H23ClF3N3O. The molecule has 2 saturated heterocycles. The van der Waals surface area contributed by atoms with Gasteiger partial charge in [-0.2, -0.15) is 13.2 Å². The van der Waals surface area contributed by atoms with Crippen molar-refractivity contribution in [1.29, 1.82) is 0 Å². The molecule has 1 amide bonds. The average molecular weight is 330 g/mol. The zero-order valence-electron chi connectivity index (χ0n) is 12.0. The lowest BCUT2D eigenvalue weighted by atomic mass is 9.97. The van der Waals surface area contributed by atoms with Gasteiger partial charge in [0.05, 0.1) is 5.92 Å². The van der Waals surface area contributed by atoms with E-state index in [1.807, 2.05) is 0 Å². The first kappa shape index (κ1) is 18.5. The van der Waals surface area contributed by atoms with Gasteiger partial charge in [-0.1, -0.05) is 0 Å². The number of piperidine rings is 1. The van der Waals surface area contributed by atoms with Crippen LogP contribution in [-0.2, 0) is 4.79 Å². The normalized spacial score (nSPS) is 24.5. The SMILES string of the molecule is Cl.O=C(CCN1CCCC(C(F)(F)F)C1)N1CCNCC1. The lowest BCUT2D eigenvalue weighted by Gasteiger charge is -2.34. The van der Waals surface area contributed by atoms with Crippen molar-refractivity contribution in [3.05, 3.63) is 0 Å². The molecule has 1 N–H and O–H groups in total. The second-order valence-electron chi connectivity index (χ2n) is 5.56. The molecule has 4 nitrogen and oxygen atoms in total. The molecule has 2 fully saturated rings. The van der Waals surface area contributed by atoms with Gasteiger partial charge in [-0.3, -0.25) is 4.79 Å². The summed E-state index contributed by atoms with van der Waals surface area (Å²) in [7, 11) is 0. The number of halogens is 4. The molecule has 2 rings (SSSR count). The van der Waals surface area contributed by atoms with E-state index in [1.54, 1.807) is 9.80 Å². The average Bonchev–Trinajstić information content (AvgIpc) is 2.45. The maximum atomic E-state index is 12.7. The number of likely N-dealkylation sites (tertiary alicyclic amines) is 1. The Balaban J connectivity index is 0.00000220. The van der Waals surface area contributed by atoms with E-state index in [0.717, 1.165) is 13.1 Å². The fourth-order valence-corrected chi connectivity index (χ4v) is 2.85. The first-order valence-electron chi connectivity index (χ1n) is 7.24. The first-order chi connectivity index (χ1) is 9.47. The minimum absolute atomic E-state index is 0. The van der Waals surface area contributed by atoms with Crippen LogP contribution in [0.3, 0.4) is 0 Å². The Morgan fingerprint density at radius 2 is 1.86 bits per heavy atom. The van der Waals surface area contributed by atoms with Gasteiger partial charge in [-0.25, -0.2) is 0 Å². The fourth-order valence-electron chi connectivity index (χ4n) is 2.85. The standard InChI is InChI=1S/C13H22F3N3O.ClH/c14-13(15,16)11-2-1-6-18(10-11)7-3-12(20)19-8-4-17-5-9-19;/h11,17H,1-10H2;1H. The van der Waals surface area contributed by atoms with Gasteiger partial charge >= 0.3 is 6.18 Å². The molecule has 1 unspecified atom stereocenters. The largest absolute Gasteiger partial charge is 0.393 e. The van der Waals surface area contributed by atoms with Crippen LogP contribution >= 0.6 is 12.4 Å². The van der Waals surface area contributed by atoms with Crippen molar-refractivity contribution in [1.82, 2.24) is 15.1 Å². The van der Waals surface area contributed by atoms with E-state index >= 15 is 0 Å². The quantitative estimate of drug-likeness (QED) is 0.852. The third-order valence-corrected chi connectivity index (χ3v) is 4.08. The van der Waals surface area contributed by atoms with Crippen molar-refractivity contribution in [2.75, 3.05) is 45.8 Å². The molecule has 8 heteroatoms. The monoisotopic (exact) mass is 329 g/mol. The molecule has 0 spiro atoms. The van der Waals surface area contributed by atoms with E-state index in [1.165, 1.54) is 0 Å². The highest BCUT2D eigenvalue weighted by Crippen LogP contribution is 2.33. The molecule has 0 bridgehead atoms. The van der Waals surface area contributed by atoms with Gasteiger partial charge in [0.2, 0.25) is 5.91 Å². The van der Waals surface area contributed by atoms with Crippen molar-refractivity contribution >= 4 is 18.3 Å². The third-order valence-electron chi connectivity index (χ3n) is 4.08. The third kappa shape index (κ3) is 5.64. The van der Waals surface area contributed by atoms with Gasteiger partial charge < -0.3 is 15.1 Å². The van der Waals surface area contributed by atoms with Crippen LogP contribution in [0.4, 0.5) is 13.2 Å². The predicted molar refractivity (Wildman–Crippen MR) is 76.5 cm³/mol. The minimum Gasteiger partial charge on any atom is -0.340 e. The lowest BCUT2D eigenvalue weighted by Crippen LogP contribution is -2.48. The summed E-state index contributed by atoms with van der Waals surface area (Å²) < 4.78 is 38.1. The molecule has 21 heavy (non-hydrogen) atoms. The number of hydrogen-bond donors (Lipinski definition) is 1. The summed E-state index contributed by atoms with van der Waals surface area (Å²) in [5.74, 6) is -1.17. The number of piperazine rings is 1. The van der Waals surface area contributed by atoms with Crippen LogP contribution in [0.15, 0.2) is 0 Å². The van der Waals surface area contributed by atoms with Crippen LogP contribution < -0.4 is 5.32 Å². The molecule has 0 saturated carbocycles. The Labute approximate surface area is 129 Å². The number of alkyl halides is 3. The number of amides is 1. The van der Waals surface area contributed by atoms with Crippen molar-refractivity contribution in [3.8, 4) is 0 Å². The van der Waals surface area contributed by atoms with Crippen LogP contribution in [0, 0.1) is 5.92 Å². The topological polar surface area (TPSA) is 35.6 Å². The van der Waals surface area contributed by atoms with E-state index < -0.39 is 12.1 Å². The highest BCUT2D eigenvalue weighted by molar-refractivity contribution is 5.85. The molecule has 0 aromatic rings. The Kier molecular flexibility index (Phi) is 7.23. The summed E-state index contributed by atoms with van der Waals surface area (Å²) >= 11 is 0. The highest BCUT2D eigenvalue weighted by atomic mass is 35.5. The molecule has 2 aliphatic rings. The predicted octanol–water partition coefficient (Wildman–Crippen LogP) is 1.50. The number of carbonyl (C=O) groups is 1. The second-order valence-corrected chi connectivity index (χ2v) is 5.56. The molecule has 0 aromatic carbocycles. The Morgan fingerprint density at radius 1 is 1.19 bits per heavy atom. The second kappa shape index (κ2) is 8.19. The summed E-state index contributed by atoms with van der Waals surface area (Å²) in [6.07, 6.45) is -3.01. The van der Waals surface area contributed by atoms with E-state index in [2.05, 4.69) is 5.32 Å². The minimum atomic E-state index is -4.11. The molecule has 124 valence electrons. The van der Waals surface area contributed by atoms with Crippen LogP contribution in [0.5, 0.6) is 0 Å². The fraction of sp³-hybridized carbons (Fsp3) is 0.923. The number of nitrogens with zero attached hydrogens (tertiary/aromatic N) is 2. The summed E-state index contributed by atoms with van der Waals surface area (Å²) in [4.78, 5) is 15.5. The zero-order valence-corrected chi connectivity index (χ0v) is 12.8. The number of hydrogen-bond acceptors (Lipinski definition) is 3. The maximum Gasteiger partial charge on any atom is 0.393 e. The van der Waals surface area contributed by atoms with Gasteiger partial charge in [0, 0.05) is 45.7 Å². The van der Waals surface area contributed by atoms with Crippen molar-refractivity contribution < 1.29 is 18.0 Å². The Morgan fingerprint density at radius 3 is 2.48 bits per heavy atom. The zero-order chi connectivity index (χ0) is 14.6. The Hall–Kier alpha value is -0.530. The highest BCUT2D eigenvalue weighted by Gasteiger charge is 2.41. The molecular weight excluding hydrogens is 307 g/mol. The number of nitrogens with one attached hydrogen (secondary N) is 1. The lowest BCUT2D eigenvalue weighted by molar-refractivity contribution is -0.186. The number of carbonyl (C=O) groups excluding carboxylic acids is 1. The summed E-state index contributed by atoms with van der Waals surface area (Å²) in [6, 6.07) is 0. The van der Waals surface area contributed by atoms with E-state index in [-0.39, 0.29) is 31.3 Å². The van der Waals surface area contributed by atoms with Gasteiger partial charge in [0.1, 0.15) is 0 Å². The molecule has 0 radical (unpaired) electrons. The molecule has 2 aliphatic heterocycles. The van der Waals surface area contributed by atoms with Crippen LogP contribution in [0.25, 0.3) is 0 Å². The van der Waals surface area contributed by atoms with Crippen molar-refractivity contribution in [2.45, 2.75) is 25.4 Å². The van der Waals surface area contributed by atoms with E-state index in [0.29, 0.717) is 39.0 Å².